The molecule has 0 amide bonds. The molecule has 0 aromatic rings. The van der Waals surface area contributed by atoms with Crippen LogP contribution in [-0.2, 0) is 17.1 Å². The third-order valence-electron chi connectivity index (χ3n) is 3.86. The Morgan fingerprint density at radius 1 is 0.621 bits per heavy atom. The van der Waals surface area contributed by atoms with Crippen LogP contribution in [0.3, 0.4) is 0 Å². The average molecular weight is 519 g/mol. The molecule has 0 saturated carbocycles. The Kier molecular flexibility index (Phi) is 21.5. The van der Waals surface area contributed by atoms with Gasteiger partial charge < -0.3 is 20.4 Å². The van der Waals surface area contributed by atoms with E-state index in [-0.39, 0.29) is 17.1 Å². The Morgan fingerprint density at radius 3 is 1.10 bits per heavy atom. The quantitative estimate of drug-likeness (QED) is 0.286. The molecule has 1 radical (unpaired) electrons. The smallest absolute Gasteiger partial charge is 0.313 e. The van der Waals surface area contributed by atoms with Crippen LogP contribution >= 0.6 is 0 Å². The van der Waals surface area contributed by atoms with Crippen LogP contribution in [0.2, 0.25) is 0 Å². The minimum Gasteiger partial charge on any atom is -0.313 e. The second kappa shape index (κ2) is 18.2. The molecule has 1 fully saturated rings. The van der Waals surface area contributed by atoms with Gasteiger partial charge in [0, 0.05) is 38.3 Å². The fourth-order valence-corrected chi connectivity index (χ4v) is 2.26. The van der Waals surface area contributed by atoms with Crippen LogP contribution in [0, 0.1) is 20.5 Å². The van der Waals surface area contributed by atoms with Crippen LogP contribution in [0.4, 0.5) is 0 Å². The molecule has 1 aliphatic rings. The molecule has 0 unspecified atom stereocenters. The molecule has 1 saturated heterocycles. The zero-order chi connectivity index (χ0) is 22.4. The van der Waals surface area contributed by atoms with E-state index >= 15 is 0 Å². The summed E-state index contributed by atoms with van der Waals surface area (Å²) in [4.78, 5) is 4.85. The Labute approximate surface area is 187 Å². The number of rotatable bonds is 0. The molecule has 1 heterocycles. The van der Waals surface area contributed by atoms with Gasteiger partial charge in [-0.15, -0.1) is 20.5 Å². The Bertz CT molecular complexity index is 315. The summed E-state index contributed by atoms with van der Waals surface area (Å²) >= 11 is 0. The number of nitrogens with one attached hydrogen (secondary N) is 2. The zero-order valence-electron chi connectivity index (χ0n) is 17.0. The molecular formula is C14H32Cl2CuN4O8. The van der Waals surface area contributed by atoms with Crippen LogP contribution < -0.4 is 47.9 Å². The largest absolute Gasteiger partial charge is 2.00 e. The predicted octanol–water partition coefficient (Wildman–Crippen LogP) is -8.91. The van der Waals surface area contributed by atoms with Gasteiger partial charge in [-0.1, -0.05) is 0 Å². The first-order valence-electron chi connectivity index (χ1n) is 8.65. The van der Waals surface area contributed by atoms with E-state index in [1.165, 1.54) is 25.9 Å². The van der Waals surface area contributed by atoms with E-state index in [1.807, 2.05) is 0 Å². The van der Waals surface area contributed by atoms with Crippen molar-refractivity contribution >= 4 is 0 Å². The minimum atomic E-state index is -4.94. The van der Waals surface area contributed by atoms with E-state index < -0.39 is 20.5 Å². The molecule has 0 bridgehead atoms. The van der Waals surface area contributed by atoms with Crippen molar-refractivity contribution in [3.05, 3.63) is 0 Å². The van der Waals surface area contributed by atoms with Crippen molar-refractivity contribution in [2.45, 2.75) is 38.8 Å². The van der Waals surface area contributed by atoms with Gasteiger partial charge in [0.05, 0.1) is 0 Å². The first-order chi connectivity index (χ1) is 12.6. The maximum Gasteiger partial charge on any atom is 2.00 e. The topological polar surface area (TPSA) is 215 Å². The summed E-state index contributed by atoms with van der Waals surface area (Å²) in [6.07, 6.45) is 2.46. The van der Waals surface area contributed by atoms with Crippen LogP contribution in [0.5, 0.6) is 0 Å². The van der Waals surface area contributed by atoms with Crippen LogP contribution in [0.1, 0.15) is 26.7 Å². The summed E-state index contributed by atoms with van der Waals surface area (Å²) in [5, 5.41) is 7.23. The molecule has 0 spiro atoms. The van der Waals surface area contributed by atoms with Crippen molar-refractivity contribution in [2.75, 3.05) is 53.4 Å². The molecular weight excluding hydrogens is 487 g/mol. The Balaban J connectivity index is -0.000000512. The van der Waals surface area contributed by atoms with Crippen molar-refractivity contribution < 1.29 is 74.8 Å². The number of hydrogen-bond acceptors (Lipinski definition) is 12. The second-order valence-electron chi connectivity index (χ2n) is 6.65. The van der Waals surface area contributed by atoms with Gasteiger partial charge in [-0.05, 0) is 53.9 Å². The SMILES string of the molecule is C[C@@H]1CCN(C)CCN[C@@H](C)CCN(C)CCN1.[Cu+2].[O-][Cl+3]([O-])([O-])[O-].[O-][Cl+3]([O-])([O-])[O-]. The number of likely N-dealkylation sites (N-methyl/N-ethyl adjacent to an activating group) is 2. The van der Waals surface area contributed by atoms with Gasteiger partial charge in [-0.2, -0.15) is 0 Å². The molecule has 0 aliphatic carbocycles. The first-order valence-corrected chi connectivity index (χ1v) is 11.1. The third-order valence-corrected chi connectivity index (χ3v) is 3.86. The maximum absolute atomic E-state index is 8.49. The van der Waals surface area contributed by atoms with Gasteiger partial charge in [0.25, 0.3) is 0 Å². The van der Waals surface area contributed by atoms with Gasteiger partial charge in [0.1, 0.15) is 0 Å². The Morgan fingerprint density at radius 2 is 0.862 bits per heavy atom. The molecule has 1 aliphatic heterocycles. The van der Waals surface area contributed by atoms with E-state index in [1.54, 1.807) is 0 Å². The summed E-state index contributed by atoms with van der Waals surface area (Å²) < 4.78 is 67.9. The predicted molar refractivity (Wildman–Crippen MR) is 79.2 cm³/mol. The maximum atomic E-state index is 8.49. The summed E-state index contributed by atoms with van der Waals surface area (Å²) in [6.45, 7) is 11.4. The zero-order valence-corrected chi connectivity index (χ0v) is 19.5. The van der Waals surface area contributed by atoms with Crippen LogP contribution in [0.15, 0.2) is 0 Å². The third kappa shape index (κ3) is 39.6. The van der Waals surface area contributed by atoms with Gasteiger partial charge in [0.15, 0.2) is 0 Å². The molecule has 2 N–H and O–H groups in total. The monoisotopic (exact) mass is 517 g/mol. The van der Waals surface area contributed by atoms with Crippen molar-refractivity contribution in [2.24, 2.45) is 0 Å². The summed E-state index contributed by atoms with van der Waals surface area (Å²) in [6, 6.07) is 1.24. The van der Waals surface area contributed by atoms with Gasteiger partial charge in [-0.3, -0.25) is 0 Å². The van der Waals surface area contributed by atoms with Crippen LogP contribution in [0.25, 0.3) is 0 Å². The molecule has 1 rings (SSSR count). The minimum absolute atomic E-state index is 0. The first kappa shape index (κ1) is 34.2. The average Bonchev–Trinajstić information content (AvgIpc) is 2.47. The van der Waals surface area contributed by atoms with Gasteiger partial charge in [-0.25, -0.2) is 37.3 Å². The molecule has 2 atom stereocenters. The summed E-state index contributed by atoms with van der Waals surface area (Å²) in [5.74, 6) is 0. The normalized spacial score (nSPS) is 24.0. The second-order valence-corrected chi connectivity index (χ2v) is 8.16. The van der Waals surface area contributed by atoms with Gasteiger partial charge in [0.2, 0.25) is 0 Å². The van der Waals surface area contributed by atoms with Crippen molar-refractivity contribution in [3.8, 4) is 0 Å². The summed E-state index contributed by atoms with van der Waals surface area (Å²) in [5.41, 5.74) is 0. The Hall–Kier alpha value is 0.619. The van der Waals surface area contributed by atoms with Crippen molar-refractivity contribution in [1.82, 2.24) is 20.4 Å². The number of nitrogens with zero attached hydrogens (tertiary/aromatic N) is 2. The molecule has 15 heteroatoms. The van der Waals surface area contributed by atoms with Crippen LogP contribution in [-0.4, -0.2) is 75.2 Å². The van der Waals surface area contributed by atoms with E-state index in [4.69, 9.17) is 37.3 Å². The fraction of sp³-hybridized carbons (Fsp3) is 1.00. The van der Waals surface area contributed by atoms with E-state index in [0.717, 1.165) is 26.2 Å². The van der Waals surface area contributed by atoms with E-state index in [2.05, 4.69) is 48.4 Å². The molecule has 0 aromatic carbocycles. The molecule has 181 valence electrons. The van der Waals surface area contributed by atoms with E-state index in [9.17, 15) is 0 Å². The van der Waals surface area contributed by atoms with Gasteiger partial charge >= 0.3 is 17.1 Å². The molecule has 12 nitrogen and oxygen atoms in total. The number of halogens is 2. The summed E-state index contributed by atoms with van der Waals surface area (Å²) in [7, 11) is -5.45. The standard InChI is InChI=1S/C14H32N4.2ClHO4.Cu/c1-13-5-9-17(3)12-8-16-14(2)6-10-18(4)11-7-15-13;2*2-1(3,4)5;/h13-16H,5-12H2,1-4H3;2*(H,2,3,4,5);/q;;;+2/p-2/t13-,14+;;;. The van der Waals surface area contributed by atoms with Crippen molar-refractivity contribution in [1.29, 1.82) is 0 Å². The van der Waals surface area contributed by atoms with E-state index in [0.29, 0.717) is 12.1 Å². The van der Waals surface area contributed by atoms with Crippen molar-refractivity contribution in [3.63, 3.8) is 0 Å². The fourth-order valence-electron chi connectivity index (χ4n) is 2.26. The number of hydrogen-bond donors (Lipinski definition) is 2. The molecule has 29 heavy (non-hydrogen) atoms. The molecule has 0 aromatic heterocycles.